The van der Waals surface area contributed by atoms with Gasteiger partial charge >= 0.3 is 5.97 Å². The second kappa shape index (κ2) is 14.4. The van der Waals surface area contributed by atoms with Crippen molar-refractivity contribution in [2.75, 3.05) is 45.8 Å². The summed E-state index contributed by atoms with van der Waals surface area (Å²) in [6, 6.07) is 17.0. The number of carbonyl (C=O) groups is 1. The number of aliphatic carboxylic acids is 1. The van der Waals surface area contributed by atoms with Crippen LogP contribution in [-0.2, 0) is 11.4 Å². The molecule has 1 fully saturated rings. The van der Waals surface area contributed by atoms with Crippen LogP contribution >= 0.6 is 0 Å². The van der Waals surface area contributed by atoms with E-state index in [4.69, 9.17) is 18.9 Å². The molecule has 224 valence electrons. The SMILES string of the molecule is COc1cc2ncnc(Nc3cc(OCc4ccccc4)c(OC)cc3/C=C/C(=O)O)c2cc1OCCCN1CCCC1. The van der Waals surface area contributed by atoms with Gasteiger partial charge < -0.3 is 34.3 Å². The molecule has 0 spiro atoms. The van der Waals surface area contributed by atoms with Crippen molar-refractivity contribution in [1.29, 1.82) is 0 Å². The molecule has 2 heterocycles. The first kappa shape index (κ1) is 29.7. The molecular formula is C33H36N4O6. The largest absolute Gasteiger partial charge is 0.493 e. The van der Waals surface area contributed by atoms with Gasteiger partial charge in [0.25, 0.3) is 0 Å². The highest BCUT2D eigenvalue weighted by Gasteiger charge is 2.16. The lowest BCUT2D eigenvalue weighted by Crippen LogP contribution is -2.21. The van der Waals surface area contributed by atoms with Crippen LogP contribution in [0, 0.1) is 0 Å². The molecule has 0 amide bonds. The topological polar surface area (TPSA) is 115 Å². The number of hydrogen-bond acceptors (Lipinski definition) is 9. The molecule has 1 aliphatic heterocycles. The Balaban J connectivity index is 1.45. The third kappa shape index (κ3) is 7.72. The minimum Gasteiger partial charge on any atom is -0.493 e. The van der Waals surface area contributed by atoms with Gasteiger partial charge in [-0.2, -0.15) is 0 Å². The van der Waals surface area contributed by atoms with Crippen molar-refractivity contribution >= 4 is 34.5 Å². The molecule has 0 radical (unpaired) electrons. The van der Waals surface area contributed by atoms with Gasteiger partial charge in [0.1, 0.15) is 18.8 Å². The monoisotopic (exact) mass is 584 g/mol. The predicted octanol–water partition coefficient (Wildman–Crippen LogP) is 5.93. The van der Waals surface area contributed by atoms with E-state index >= 15 is 0 Å². The van der Waals surface area contributed by atoms with Crippen molar-refractivity contribution in [3.63, 3.8) is 0 Å². The number of likely N-dealkylation sites (tertiary alicyclic amines) is 1. The van der Waals surface area contributed by atoms with E-state index in [9.17, 15) is 9.90 Å². The number of anilines is 2. The molecule has 4 aromatic rings. The smallest absolute Gasteiger partial charge is 0.328 e. The summed E-state index contributed by atoms with van der Waals surface area (Å²) < 4.78 is 23.5. The summed E-state index contributed by atoms with van der Waals surface area (Å²) in [6.45, 7) is 4.19. The molecule has 10 nitrogen and oxygen atoms in total. The maximum absolute atomic E-state index is 11.4. The summed E-state index contributed by atoms with van der Waals surface area (Å²) in [5.41, 5.74) is 2.81. The van der Waals surface area contributed by atoms with Gasteiger partial charge in [-0.05, 0) is 56.1 Å². The standard InChI is InChI=1S/C33H36N4O6/c1-40-28-17-24(11-12-32(38)39)26(19-31(28)43-21-23-9-4-3-5-10-23)36-33-25-18-30(29(41-2)20-27(25)34-22-35-33)42-16-8-15-37-13-6-7-14-37/h3-5,9-12,17-20,22H,6-8,13-16,21H2,1-2H3,(H,38,39)(H,34,35,36)/b12-11+. The van der Waals surface area contributed by atoms with Crippen molar-refractivity contribution in [2.45, 2.75) is 25.9 Å². The van der Waals surface area contributed by atoms with E-state index in [0.29, 0.717) is 64.2 Å². The molecule has 0 atom stereocenters. The Morgan fingerprint density at radius 3 is 2.44 bits per heavy atom. The summed E-state index contributed by atoms with van der Waals surface area (Å²) in [5, 5.41) is 13.4. The predicted molar refractivity (Wildman–Crippen MR) is 166 cm³/mol. The fraction of sp³-hybridized carbons (Fsp3) is 0.303. The van der Waals surface area contributed by atoms with Crippen LogP contribution in [0.5, 0.6) is 23.0 Å². The number of carboxylic acids is 1. The van der Waals surface area contributed by atoms with Crippen LogP contribution in [0.25, 0.3) is 17.0 Å². The fourth-order valence-electron chi connectivity index (χ4n) is 5.03. The molecule has 3 aromatic carbocycles. The third-order valence-electron chi connectivity index (χ3n) is 7.23. The number of methoxy groups -OCH3 is 2. The second-order valence-corrected chi connectivity index (χ2v) is 10.2. The van der Waals surface area contributed by atoms with Gasteiger partial charge in [0.15, 0.2) is 23.0 Å². The number of fused-ring (bicyclic) bond motifs is 1. The summed E-state index contributed by atoms with van der Waals surface area (Å²) in [6.07, 6.45) is 7.46. The zero-order valence-corrected chi connectivity index (χ0v) is 24.4. The highest BCUT2D eigenvalue weighted by Crippen LogP contribution is 2.39. The van der Waals surface area contributed by atoms with E-state index < -0.39 is 5.97 Å². The molecular weight excluding hydrogens is 548 g/mol. The van der Waals surface area contributed by atoms with Gasteiger partial charge in [0, 0.05) is 35.7 Å². The number of rotatable bonds is 14. The minimum atomic E-state index is -1.07. The van der Waals surface area contributed by atoms with E-state index in [1.54, 1.807) is 26.4 Å². The Hall–Kier alpha value is -4.83. The molecule has 1 saturated heterocycles. The second-order valence-electron chi connectivity index (χ2n) is 10.2. The molecule has 0 unspecified atom stereocenters. The number of nitrogens with one attached hydrogen (secondary N) is 1. The Morgan fingerprint density at radius 1 is 0.953 bits per heavy atom. The summed E-state index contributed by atoms with van der Waals surface area (Å²) in [5.74, 6) is 1.59. The van der Waals surface area contributed by atoms with E-state index in [1.165, 1.54) is 25.2 Å². The van der Waals surface area contributed by atoms with Gasteiger partial charge in [-0.1, -0.05) is 30.3 Å². The number of ether oxygens (including phenoxy) is 4. The summed E-state index contributed by atoms with van der Waals surface area (Å²) in [4.78, 5) is 22.8. The molecule has 1 aliphatic rings. The average Bonchev–Trinajstić information content (AvgIpc) is 3.55. The lowest BCUT2D eigenvalue weighted by atomic mass is 10.1. The highest BCUT2D eigenvalue weighted by molar-refractivity contribution is 5.94. The first-order valence-corrected chi connectivity index (χ1v) is 14.3. The van der Waals surface area contributed by atoms with Crippen LogP contribution < -0.4 is 24.3 Å². The van der Waals surface area contributed by atoms with Crippen LogP contribution in [-0.4, -0.2) is 66.4 Å². The third-order valence-corrected chi connectivity index (χ3v) is 7.23. The Labute approximate surface area is 250 Å². The Bertz CT molecular complexity index is 1570. The van der Waals surface area contributed by atoms with E-state index in [-0.39, 0.29) is 0 Å². The van der Waals surface area contributed by atoms with E-state index in [0.717, 1.165) is 37.7 Å². The average molecular weight is 585 g/mol. The lowest BCUT2D eigenvalue weighted by molar-refractivity contribution is -0.131. The van der Waals surface area contributed by atoms with Crippen LogP contribution in [0.1, 0.15) is 30.4 Å². The zero-order valence-electron chi connectivity index (χ0n) is 24.4. The van der Waals surface area contributed by atoms with Crippen molar-refractivity contribution in [3.8, 4) is 23.0 Å². The van der Waals surface area contributed by atoms with Crippen LogP contribution in [0.4, 0.5) is 11.5 Å². The molecule has 5 rings (SSSR count). The molecule has 1 aromatic heterocycles. The number of benzene rings is 3. The van der Waals surface area contributed by atoms with Crippen molar-refractivity contribution in [2.24, 2.45) is 0 Å². The first-order chi connectivity index (χ1) is 21.0. The van der Waals surface area contributed by atoms with Gasteiger partial charge in [-0.25, -0.2) is 14.8 Å². The maximum atomic E-state index is 11.4. The van der Waals surface area contributed by atoms with Gasteiger partial charge in [0.2, 0.25) is 0 Å². The molecule has 43 heavy (non-hydrogen) atoms. The van der Waals surface area contributed by atoms with Crippen molar-refractivity contribution in [1.82, 2.24) is 14.9 Å². The number of hydrogen-bond donors (Lipinski definition) is 2. The molecule has 0 aliphatic carbocycles. The van der Waals surface area contributed by atoms with Crippen molar-refractivity contribution < 1.29 is 28.8 Å². The van der Waals surface area contributed by atoms with Gasteiger partial charge in [-0.15, -0.1) is 0 Å². The van der Waals surface area contributed by atoms with Crippen LogP contribution in [0.3, 0.4) is 0 Å². The quantitative estimate of drug-likeness (QED) is 0.136. The number of aromatic nitrogens is 2. The molecule has 0 bridgehead atoms. The van der Waals surface area contributed by atoms with Crippen LogP contribution in [0.15, 0.2) is 67.0 Å². The lowest BCUT2D eigenvalue weighted by Gasteiger charge is -2.18. The fourth-order valence-corrected chi connectivity index (χ4v) is 5.03. The number of carboxylic acid groups (broad SMARTS) is 1. The highest BCUT2D eigenvalue weighted by atomic mass is 16.5. The Kier molecular flexibility index (Phi) is 9.91. The summed E-state index contributed by atoms with van der Waals surface area (Å²) in [7, 11) is 3.15. The molecule has 2 N–H and O–H groups in total. The van der Waals surface area contributed by atoms with E-state index in [2.05, 4.69) is 20.2 Å². The van der Waals surface area contributed by atoms with Crippen LogP contribution in [0.2, 0.25) is 0 Å². The van der Waals surface area contributed by atoms with Crippen molar-refractivity contribution in [3.05, 3.63) is 78.1 Å². The van der Waals surface area contributed by atoms with Gasteiger partial charge in [0.05, 0.1) is 32.0 Å². The normalized spacial score (nSPS) is 13.3. The zero-order chi connectivity index (χ0) is 30.0. The molecule has 0 saturated carbocycles. The molecule has 10 heteroatoms. The Morgan fingerprint density at radius 2 is 1.70 bits per heavy atom. The first-order valence-electron chi connectivity index (χ1n) is 14.3. The minimum absolute atomic E-state index is 0.329. The van der Waals surface area contributed by atoms with Gasteiger partial charge in [-0.3, -0.25) is 0 Å². The van der Waals surface area contributed by atoms with E-state index in [1.807, 2.05) is 42.5 Å². The number of nitrogens with zero attached hydrogens (tertiary/aromatic N) is 3. The maximum Gasteiger partial charge on any atom is 0.328 e. The summed E-state index contributed by atoms with van der Waals surface area (Å²) >= 11 is 0.